The maximum absolute atomic E-state index is 13.3. The van der Waals surface area contributed by atoms with Crippen LogP contribution in [0.3, 0.4) is 0 Å². The van der Waals surface area contributed by atoms with Crippen molar-refractivity contribution in [2.45, 2.75) is 18.9 Å². The van der Waals surface area contributed by atoms with Crippen molar-refractivity contribution in [1.29, 1.82) is 0 Å². The van der Waals surface area contributed by atoms with E-state index in [9.17, 15) is 9.50 Å². The summed E-state index contributed by atoms with van der Waals surface area (Å²) in [6.07, 6.45) is 5.30. The lowest BCUT2D eigenvalue weighted by Crippen LogP contribution is -2.21. The topological polar surface area (TPSA) is 29.5 Å². The molecule has 1 N–H and O–H groups in total. The Kier molecular flexibility index (Phi) is 3.95. The zero-order valence-corrected chi connectivity index (χ0v) is 10.6. The van der Waals surface area contributed by atoms with Crippen LogP contribution in [0.15, 0.2) is 16.6 Å². The fourth-order valence-corrected chi connectivity index (χ4v) is 1.76. The fourth-order valence-electron chi connectivity index (χ4n) is 1.41. The largest absolute Gasteiger partial charge is 0.496 e. The molecule has 0 aromatic heterocycles. The smallest absolute Gasteiger partial charge is 0.141 e. The fraction of sp³-hybridized carbons (Fsp3) is 0.333. The molecule has 0 bridgehead atoms. The van der Waals surface area contributed by atoms with Crippen LogP contribution in [0, 0.1) is 18.2 Å². The molecule has 0 heterocycles. The first-order valence-corrected chi connectivity index (χ1v) is 5.41. The van der Waals surface area contributed by atoms with Gasteiger partial charge in [0.05, 0.1) is 11.6 Å². The van der Waals surface area contributed by atoms with Gasteiger partial charge in [0, 0.05) is 18.1 Å². The second-order valence-corrected chi connectivity index (χ2v) is 4.48. The minimum absolute atomic E-state index is 0.126. The Morgan fingerprint density at radius 2 is 2.25 bits per heavy atom. The summed E-state index contributed by atoms with van der Waals surface area (Å²) in [4.78, 5) is 0. The Morgan fingerprint density at radius 3 is 2.75 bits per heavy atom. The van der Waals surface area contributed by atoms with E-state index in [1.165, 1.54) is 19.2 Å². The SMILES string of the molecule is C#CCC(C)(O)c1cc(Br)c(F)cc1OC. The van der Waals surface area contributed by atoms with E-state index in [0.29, 0.717) is 5.56 Å². The summed E-state index contributed by atoms with van der Waals surface area (Å²) in [6, 6.07) is 2.69. The molecule has 1 unspecified atom stereocenters. The predicted molar refractivity (Wildman–Crippen MR) is 63.7 cm³/mol. The van der Waals surface area contributed by atoms with Crippen molar-refractivity contribution in [2.75, 3.05) is 7.11 Å². The molecule has 86 valence electrons. The number of methoxy groups -OCH3 is 1. The standard InChI is InChI=1S/C12H12BrFO2/c1-4-5-12(2,15)8-6-9(13)10(14)7-11(8)16-3/h1,6-7,15H,5H2,2-3H3. The summed E-state index contributed by atoms with van der Waals surface area (Å²) in [5.41, 5.74) is -0.780. The van der Waals surface area contributed by atoms with Gasteiger partial charge in [-0.25, -0.2) is 4.39 Å². The van der Waals surface area contributed by atoms with Crippen molar-refractivity contribution in [3.8, 4) is 18.1 Å². The average Bonchev–Trinajstić information content (AvgIpc) is 2.21. The van der Waals surface area contributed by atoms with Gasteiger partial charge in [-0.05, 0) is 28.9 Å². The normalized spacial score (nSPS) is 14.0. The molecule has 1 rings (SSSR count). The number of rotatable bonds is 3. The summed E-state index contributed by atoms with van der Waals surface area (Å²) in [5.74, 6) is 2.21. The van der Waals surface area contributed by atoms with Gasteiger partial charge in [-0.15, -0.1) is 12.3 Å². The van der Waals surface area contributed by atoms with Gasteiger partial charge in [-0.1, -0.05) is 0 Å². The summed E-state index contributed by atoms with van der Waals surface area (Å²) < 4.78 is 18.6. The highest BCUT2D eigenvalue weighted by atomic mass is 79.9. The second-order valence-electron chi connectivity index (χ2n) is 3.62. The maximum Gasteiger partial charge on any atom is 0.141 e. The van der Waals surface area contributed by atoms with Gasteiger partial charge >= 0.3 is 0 Å². The van der Waals surface area contributed by atoms with E-state index in [2.05, 4.69) is 21.9 Å². The number of terminal acetylenes is 1. The van der Waals surface area contributed by atoms with Crippen LogP contribution < -0.4 is 4.74 Å². The van der Waals surface area contributed by atoms with Crippen LogP contribution >= 0.6 is 15.9 Å². The van der Waals surface area contributed by atoms with Crippen molar-refractivity contribution in [2.24, 2.45) is 0 Å². The number of hydrogen-bond donors (Lipinski definition) is 1. The van der Waals surface area contributed by atoms with Crippen molar-refractivity contribution in [3.63, 3.8) is 0 Å². The Bertz CT molecular complexity index is 435. The van der Waals surface area contributed by atoms with Crippen LogP contribution in [0.25, 0.3) is 0 Å². The molecule has 4 heteroatoms. The Morgan fingerprint density at radius 1 is 1.62 bits per heavy atom. The molecule has 1 aromatic rings. The quantitative estimate of drug-likeness (QED) is 0.866. The number of halogens is 2. The molecule has 0 spiro atoms. The number of hydrogen-bond acceptors (Lipinski definition) is 2. The van der Waals surface area contributed by atoms with Crippen LogP contribution in [-0.4, -0.2) is 12.2 Å². The monoisotopic (exact) mass is 286 g/mol. The molecule has 0 aliphatic rings. The third kappa shape index (κ3) is 2.55. The lowest BCUT2D eigenvalue weighted by molar-refractivity contribution is 0.0600. The van der Waals surface area contributed by atoms with Gasteiger partial charge < -0.3 is 9.84 Å². The first-order chi connectivity index (χ1) is 7.42. The van der Waals surface area contributed by atoms with Crippen molar-refractivity contribution in [3.05, 3.63) is 28.0 Å². The number of aliphatic hydroxyl groups is 1. The van der Waals surface area contributed by atoms with E-state index in [4.69, 9.17) is 11.2 Å². The highest BCUT2D eigenvalue weighted by Crippen LogP contribution is 2.35. The molecule has 0 saturated carbocycles. The molecular weight excluding hydrogens is 275 g/mol. The Labute approximate surface area is 103 Å². The van der Waals surface area contributed by atoms with Crippen molar-refractivity contribution in [1.82, 2.24) is 0 Å². The van der Waals surface area contributed by atoms with E-state index >= 15 is 0 Å². The molecule has 0 fully saturated rings. The van der Waals surface area contributed by atoms with Gasteiger partial charge in [0.1, 0.15) is 17.2 Å². The van der Waals surface area contributed by atoms with Gasteiger partial charge in [0.25, 0.3) is 0 Å². The Balaban J connectivity index is 3.32. The molecule has 1 aromatic carbocycles. The first kappa shape index (κ1) is 13.0. The van der Waals surface area contributed by atoms with Crippen LogP contribution in [0.1, 0.15) is 18.9 Å². The molecule has 2 nitrogen and oxygen atoms in total. The molecule has 0 aliphatic heterocycles. The van der Waals surface area contributed by atoms with Crippen LogP contribution in [-0.2, 0) is 5.60 Å². The van der Waals surface area contributed by atoms with Gasteiger partial charge in [-0.2, -0.15) is 0 Å². The minimum Gasteiger partial charge on any atom is -0.496 e. The molecule has 0 radical (unpaired) electrons. The highest BCUT2D eigenvalue weighted by molar-refractivity contribution is 9.10. The lowest BCUT2D eigenvalue weighted by atomic mass is 9.92. The molecule has 0 saturated heterocycles. The zero-order chi connectivity index (χ0) is 12.3. The second kappa shape index (κ2) is 4.86. The van der Waals surface area contributed by atoms with Crippen LogP contribution in [0.4, 0.5) is 4.39 Å². The predicted octanol–water partition coefficient (Wildman–Crippen LogP) is 2.83. The van der Waals surface area contributed by atoms with E-state index in [1.54, 1.807) is 6.92 Å². The summed E-state index contributed by atoms with van der Waals surface area (Å²) in [7, 11) is 1.41. The molecular formula is C12H12BrFO2. The van der Waals surface area contributed by atoms with Gasteiger partial charge in [0.15, 0.2) is 0 Å². The van der Waals surface area contributed by atoms with Crippen molar-refractivity contribution >= 4 is 15.9 Å². The number of benzene rings is 1. The summed E-state index contributed by atoms with van der Waals surface area (Å²) in [6.45, 7) is 1.56. The van der Waals surface area contributed by atoms with E-state index in [1.807, 2.05) is 0 Å². The first-order valence-electron chi connectivity index (χ1n) is 4.61. The molecule has 0 amide bonds. The third-order valence-corrected chi connectivity index (χ3v) is 2.88. The van der Waals surface area contributed by atoms with Gasteiger partial charge in [-0.3, -0.25) is 0 Å². The number of ether oxygens (including phenoxy) is 1. The molecule has 1 atom stereocenters. The van der Waals surface area contributed by atoms with E-state index in [-0.39, 0.29) is 16.6 Å². The molecule has 16 heavy (non-hydrogen) atoms. The minimum atomic E-state index is -1.24. The maximum atomic E-state index is 13.3. The van der Waals surface area contributed by atoms with Crippen molar-refractivity contribution < 1.29 is 14.2 Å². The third-order valence-electron chi connectivity index (χ3n) is 2.27. The van der Waals surface area contributed by atoms with Gasteiger partial charge in [0.2, 0.25) is 0 Å². The summed E-state index contributed by atoms with van der Waals surface area (Å²) in [5, 5.41) is 10.1. The molecule has 0 aliphatic carbocycles. The Hall–Kier alpha value is -1.05. The van der Waals surface area contributed by atoms with Crippen LogP contribution in [0.5, 0.6) is 5.75 Å². The van der Waals surface area contributed by atoms with Crippen LogP contribution in [0.2, 0.25) is 0 Å². The van der Waals surface area contributed by atoms with E-state index in [0.717, 1.165) is 0 Å². The highest BCUT2D eigenvalue weighted by Gasteiger charge is 2.27. The average molecular weight is 287 g/mol. The lowest BCUT2D eigenvalue weighted by Gasteiger charge is -2.24. The van der Waals surface area contributed by atoms with E-state index < -0.39 is 11.4 Å². The summed E-state index contributed by atoms with van der Waals surface area (Å²) >= 11 is 3.06. The zero-order valence-electron chi connectivity index (χ0n) is 9.05.